The topological polar surface area (TPSA) is 41.6 Å². The van der Waals surface area contributed by atoms with Gasteiger partial charge in [-0.05, 0) is 25.7 Å². The molecule has 1 saturated heterocycles. The summed E-state index contributed by atoms with van der Waals surface area (Å²) in [6.07, 6.45) is 4.95. The zero-order valence-electron chi connectivity index (χ0n) is 10.2. The van der Waals surface area contributed by atoms with Crippen LogP contribution in [-0.2, 0) is 4.74 Å². The smallest absolute Gasteiger partial charge is 0.409 e. The standard InChI is InChI=1S/C12H22N2O2/c1-9(7-10-3-4-10)13-11-5-6-14(8-11)12(15)16-2/h9-11,13H,3-8H2,1-2H3. The van der Waals surface area contributed by atoms with E-state index in [1.165, 1.54) is 26.4 Å². The van der Waals surface area contributed by atoms with Gasteiger partial charge in [0, 0.05) is 25.2 Å². The van der Waals surface area contributed by atoms with Crippen molar-refractivity contribution in [2.45, 2.75) is 44.7 Å². The maximum absolute atomic E-state index is 11.3. The molecule has 0 radical (unpaired) electrons. The van der Waals surface area contributed by atoms with Crippen LogP contribution in [0.15, 0.2) is 0 Å². The average Bonchev–Trinajstić information content (AvgIpc) is 2.94. The molecule has 4 heteroatoms. The zero-order valence-corrected chi connectivity index (χ0v) is 10.2. The van der Waals surface area contributed by atoms with Crippen molar-refractivity contribution in [3.63, 3.8) is 0 Å². The fourth-order valence-corrected chi connectivity index (χ4v) is 2.52. The van der Waals surface area contributed by atoms with E-state index in [0.29, 0.717) is 12.1 Å². The normalized spacial score (nSPS) is 26.9. The molecule has 2 unspecified atom stereocenters. The lowest BCUT2D eigenvalue weighted by Gasteiger charge is -2.19. The van der Waals surface area contributed by atoms with Gasteiger partial charge in [0.1, 0.15) is 0 Å². The molecule has 2 aliphatic rings. The minimum Gasteiger partial charge on any atom is -0.453 e. The Morgan fingerprint density at radius 2 is 2.25 bits per heavy atom. The summed E-state index contributed by atoms with van der Waals surface area (Å²) in [5.74, 6) is 0.959. The molecule has 16 heavy (non-hydrogen) atoms. The van der Waals surface area contributed by atoms with Gasteiger partial charge in [0.2, 0.25) is 0 Å². The highest BCUT2D eigenvalue weighted by Crippen LogP contribution is 2.33. The number of amides is 1. The molecule has 2 fully saturated rings. The number of nitrogens with one attached hydrogen (secondary N) is 1. The molecule has 1 aliphatic heterocycles. The third-order valence-corrected chi connectivity index (χ3v) is 3.53. The number of carbonyl (C=O) groups is 1. The molecule has 0 aromatic rings. The Bertz CT molecular complexity index is 253. The van der Waals surface area contributed by atoms with Crippen LogP contribution in [0.4, 0.5) is 4.79 Å². The third kappa shape index (κ3) is 3.11. The molecule has 0 spiro atoms. The Morgan fingerprint density at radius 3 is 2.88 bits per heavy atom. The Labute approximate surface area is 97.3 Å². The lowest BCUT2D eigenvalue weighted by Crippen LogP contribution is -2.39. The quantitative estimate of drug-likeness (QED) is 0.791. The van der Waals surface area contributed by atoms with Gasteiger partial charge in [0.25, 0.3) is 0 Å². The predicted octanol–water partition coefficient (Wildman–Crippen LogP) is 1.61. The van der Waals surface area contributed by atoms with E-state index >= 15 is 0 Å². The van der Waals surface area contributed by atoms with E-state index in [2.05, 4.69) is 12.2 Å². The maximum atomic E-state index is 11.3. The Hall–Kier alpha value is -0.770. The number of methoxy groups -OCH3 is 1. The van der Waals surface area contributed by atoms with Crippen molar-refractivity contribution >= 4 is 6.09 Å². The van der Waals surface area contributed by atoms with E-state index < -0.39 is 0 Å². The van der Waals surface area contributed by atoms with Crippen molar-refractivity contribution in [1.82, 2.24) is 10.2 Å². The van der Waals surface area contributed by atoms with E-state index in [4.69, 9.17) is 4.74 Å². The van der Waals surface area contributed by atoms with Gasteiger partial charge in [0.15, 0.2) is 0 Å². The van der Waals surface area contributed by atoms with Crippen LogP contribution in [0.2, 0.25) is 0 Å². The van der Waals surface area contributed by atoms with E-state index in [9.17, 15) is 4.79 Å². The fraction of sp³-hybridized carbons (Fsp3) is 0.917. The second kappa shape index (κ2) is 5.04. The Kier molecular flexibility index (Phi) is 3.69. The molecular formula is C12H22N2O2. The minimum atomic E-state index is -0.195. The number of nitrogens with zero attached hydrogens (tertiary/aromatic N) is 1. The Morgan fingerprint density at radius 1 is 1.50 bits per heavy atom. The van der Waals surface area contributed by atoms with Gasteiger partial charge in [-0.3, -0.25) is 0 Å². The number of ether oxygens (including phenoxy) is 1. The lowest BCUT2D eigenvalue weighted by molar-refractivity contribution is 0.132. The van der Waals surface area contributed by atoms with E-state index in [1.54, 1.807) is 4.90 Å². The molecule has 1 saturated carbocycles. The van der Waals surface area contributed by atoms with Crippen LogP contribution < -0.4 is 5.32 Å². The SMILES string of the molecule is COC(=O)N1CCC(NC(C)CC2CC2)C1. The first-order chi connectivity index (χ1) is 7.69. The predicted molar refractivity (Wildman–Crippen MR) is 62.3 cm³/mol. The summed E-state index contributed by atoms with van der Waals surface area (Å²) >= 11 is 0. The summed E-state index contributed by atoms with van der Waals surface area (Å²) < 4.78 is 4.72. The van der Waals surface area contributed by atoms with Gasteiger partial charge in [0.05, 0.1) is 7.11 Å². The van der Waals surface area contributed by atoms with E-state index in [1.807, 2.05) is 0 Å². The highest BCUT2D eigenvalue weighted by Gasteiger charge is 2.29. The zero-order chi connectivity index (χ0) is 11.5. The third-order valence-electron chi connectivity index (χ3n) is 3.53. The summed E-state index contributed by atoms with van der Waals surface area (Å²) in [5.41, 5.74) is 0. The summed E-state index contributed by atoms with van der Waals surface area (Å²) in [6, 6.07) is 1.03. The molecule has 92 valence electrons. The van der Waals surface area contributed by atoms with Crippen LogP contribution in [0.25, 0.3) is 0 Å². The Balaban J connectivity index is 1.69. The summed E-state index contributed by atoms with van der Waals surface area (Å²) in [6.45, 7) is 3.86. The molecule has 0 bridgehead atoms. The number of hydrogen-bond donors (Lipinski definition) is 1. The van der Waals surface area contributed by atoms with Crippen molar-refractivity contribution in [3.8, 4) is 0 Å². The van der Waals surface area contributed by atoms with Crippen molar-refractivity contribution in [2.24, 2.45) is 5.92 Å². The van der Waals surface area contributed by atoms with E-state index in [0.717, 1.165) is 25.4 Å². The molecule has 0 aromatic heterocycles. The second-order valence-electron chi connectivity index (χ2n) is 5.15. The molecule has 1 aliphatic carbocycles. The van der Waals surface area contributed by atoms with Gasteiger partial charge in [-0.1, -0.05) is 12.8 Å². The monoisotopic (exact) mass is 226 g/mol. The van der Waals surface area contributed by atoms with Crippen LogP contribution >= 0.6 is 0 Å². The number of likely N-dealkylation sites (tertiary alicyclic amines) is 1. The lowest BCUT2D eigenvalue weighted by atomic mass is 10.1. The van der Waals surface area contributed by atoms with Crippen molar-refractivity contribution < 1.29 is 9.53 Å². The first kappa shape index (κ1) is 11.7. The second-order valence-corrected chi connectivity index (χ2v) is 5.15. The molecule has 1 amide bonds. The van der Waals surface area contributed by atoms with Gasteiger partial charge >= 0.3 is 6.09 Å². The number of hydrogen-bond acceptors (Lipinski definition) is 3. The molecule has 0 aromatic carbocycles. The first-order valence-electron chi connectivity index (χ1n) is 6.28. The molecule has 1 N–H and O–H groups in total. The van der Waals surface area contributed by atoms with Gasteiger partial charge < -0.3 is 15.0 Å². The average molecular weight is 226 g/mol. The van der Waals surface area contributed by atoms with Crippen molar-refractivity contribution in [1.29, 1.82) is 0 Å². The van der Waals surface area contributed by atoms with Gasteiger partial charge in [-0.2, -0.15) is 0 Å². The molecular weight excluding hydrogens is 204 g/mol. The van der Waals surface area contributed by atoms with E-state index in [-0.39, 0.29) is 6.09 Å². The van der Waals surface area contributed by atoms with Crippen molar-refractivity contribution in [2.75, 3.05) is 20.2 Å². The van der Waals surface area contributed by atoms with Gasteiger partial charge in [-0.25, -0.2) is 4.79 Å². The molecule has 2 atom stereocenters. The van der Waals surface area contributed by atoms with Crippen LogP contribution in [0.1, 0.15) is 32.6 Å². The summed E-state index contributed by atoms with van der Waals surface area (Å²) in [5, 5.41) is 3.61. The fourth-order valence-electron chi connectivity index (χ4n) is 2.52. The highest BCUT2D eigenvalue weighted by atomic mass is 16.5. The largest absolute Gasteiger partial charge is 0.453 e. The minimum absolute atomic E-state index is 0.195. The van der Waals surface area contributed by atoms with Gasteiger partial charge in [-0.15, -0.1) is 0 Å². The highest BCUT2D eigenvalue weighted by molar-refractivity contribution is 5.67. The van der Waals surface area contributed by atoms with Crippen LogP contribution in [0.3, 0.4) is 0 Å². The summed E-state index contributed by atoms with van der Waals surface area (Å²) in [4.78, 5) is 13.1. The molecule has 2 rings (SSSR count). The molecule has 1 heterocycles. The number of carbonyl (C=O) groups excluding carboxylic acids is 1. The maximum Gasteiger partial charge on any atom is 0.409 e. The summed E-state index contributed by atoms with van der Waals surface area (Å²) in [7, 11) is 1.44. The van der Waals surface area contributed by atoms with Crippen molar-refractivity contribution in [3.05, 3.63) is 0 Å². The first-order valence-corrected chi connectivity index (χ1v) is 6.28. The van der Waals surface area contributed by atoms with Crippen LogP contribution in [0, 0.1) is 5.92 Å². The number of rotatable bonds is 4. The van der Waals surface area contributed by atoms with Crippen LogP contribution in [0.5, 0.6) is 0 Å². The molecule has 4 nitrogen and oxygen atoms in total. The van der Waals surface area contributed by atoms with Crippen LogP contribution in [-0.4, -0.2) is 43.3 Å².